The summed E-state index contributed by atoms with van der Waals surface area (Å²) < 4.78 is 0. The van der Waals surface area contributed by atoms with Gasteiger partial charge in [0.05, 0.1) is 16.3 Å². The zero-order chi connectivity index (χ0) is 17.4. The molecule has 23 heavy (non-hydrogen) atoms. The molecule has 1 aromatic carbocycles. The molecule has 0 aliphatic carbocycles. The van der Waals surface area contributed by atoms with Crippen molar-refractivity contribution in [2.24, 2.45) is 0 Å². The van der Waals surface area contributed by atoms with E-state index in [2.05, 4.69) is 16.0 Å². The lowest BCUT2D eigenvalue weighted by atomic mass is 10.1. The summed E-state index contributed by atoms with van der Waals surface area (Å²) in [5.41, 5.74) is 0.404. The topological polar surface area (TPSA) is 87.3 Å². The fraction of sp³-hybridized carbons (Fsp3) is 0.400. The van der Waals surface area contributed by atoms with Crippen molar-refractivity contribution in [2.75, 3.05) is 18.4 Å². The Kier molecular flexibility index (Phi) is 7.85. The van der Waals surface area contributed by atoms with Crippen LogP contribution in [-0.2, 0) is 9.59 Å². The van der Waals surface area contributed by atoms with Crippen molar-refractivity contribution >= 4 is 46.6 Å². The first-order chi connectivity index (χ1) is 10.8. The van der Waals surface area contributed by atoms with Gasteiger partial charge in [0.2, 0.25) is 11.8 Å². The Hall–Kier alpha value is -1.79. The Labute approximate surface area is 144 Å². The zero-order valence-corrected chi connectivity index (χ0v) is 14.5. The zero-order valence-electron chi connectivity index (χ0n) is 13.0. The normalized spacial score (nSPS) is 10.1. The summed E-state index contributed by atoms with van der Waals surface area (Å²) in [7, 11) is 0. The fourth-order valence-electron chi connectivity index (χ4n) is 1.82. The van der Waals surface area contributed by atoms with Gasteiger partial charge in [-0.15, -0.1) is 0 Å². The van der Waals surface area contributed by atoms with Crippen LogP contribution in [0.4, 0.5) is 5.69 Å². The van der Waals surface area contributed by atoms with Gasteiger partial charge in [-0.3, -0.25) is 14.4 Å². The molecular formula is C15H19Cl2N3O3. The van der Waals surface area contributed by atoms with Gasteiger partial charge in [0.1, 0.15) is 0 Å². The fourth-order valence-corrected chi connectivity index (χ4v) is 2.36. The number of halogens is 2. The average Bonchev–Trinajstić information content (AvgIpc) is 2.46. The van der Waals surface area contributed by atoms with Crippen LogP contribution in [0, 0.1) is 0 Å². The van der Waals surface area contributed by atoms with Gasteiger partial charge in [0.25, 0.3) is 5.91 Å². The summed E-state index contributed by atoms with van der Waals surface area (Å²) in [5, 5.41) is 8.31. The van der Waals surface area contributed by atoms with Crippen molar-refractivity contribution in [1.82, 2.24) is 10.6 Å². The molecule has 126 valence electrons. The molecule has 0 aliphatic rings. The molecule has 0 heterocycles. The van der Waals surface area contributed by atoms with E-state index >= 15 is 0 Å². The van der Waals surface area contributed by atoms with Crippen molar-refractivity contribution in [2.45, 2.75) is 26.7 Å². The van der Waals surface area contributed by atoms with Gasteiger partial charge in [0.15, 0.2) is 0 Å². The van der Waals surface area contributed by atoms with Crippen LogP contribution >= 0.6 is 23.2 Å². The van der Waals surface area contributed by atoms with Crippen LogP contribution in [0.2, 0.25) is 10.0 Å². The molecular weight excluding hydrogens is 341 g/mol. The first kappa shape index (κ1) is 19.3. The molecule has 0 radical (unpaired) electrons. The van der Waals surface area contributed by atoms with E-state index in [1.807, 2.05) is 6.92 Å². The minimum Gasteiger partial charge on any atom is -0.355 e. The molecule has 1 rings (SSSR count). The maximum atomic E-state index is 12.3. The number of benzene rings is 1. The maximum absolute atomic E-state index is 12.3. The van der Waals surface area contributed by atoms with Crippen LogP contribution in [-0.4, -0.2) is 30.8 Å². The standard InChI is InChI=1S/C15H19Cl2N3O3/c1-3-4-13(22)20-14-11(7-10(16)8-12(14)17)15(23)19-6-5-18-9(2)21/h7-8H,3-6H2,1-2H3,(H,18,21)(H,19,23)(H,20,22). The number of hydrogen-bond acceptors (Lipinski definition) is 3. The predicted octanol–water partition coefficient (Wildman–Crippen LogP) is 2.60. The third kappa shape index (κ3) is 6.46. The second kappa shape index (κ2) is 9.37. The van der Waals surface area contributed by atoms with Crippen LogP contribution in [0.15, 0.2) is 12.1 Å². The Balaban J connectivity index is 2.88. The number of rotatable bonds is 7. The molecule has 0 atom stereocenters. The first-order valence-electron chi connectivity index (χ1n) is 7.16. The molecule has 0 fully saturated rings. The summed E-state index contributed by atoms with van der Waals surface area (Å²) in [6.45, 7) is 3.80. The van der Waals surface area contributed by atoms with Gasteiger partial charge >= 0.3 is 0 Å². The summed E-state index contributed by atoms with van der Waals surface area (Å²) in [5.74, 6) is -0.854. The Bertz CT molecular complexity index is 606. The van der Waals surface area contributed by atoms with Crippen molar-refractivity contribution < 1.29 is 14.4 Å². The highest BCUT2D eigenvalue weighted by molar-refractivity contribution is 6.38. The number of nitrogens with one attached hydrogen (secondary N) is 3. The lowest BCUT2D eigenvalue weighted by Crippen LogP contribution is -2.34. The van der Waals surface area contributed by atoms with E-state index in [0.29, 0.717) is 19.4 Å². The Morgan fingerprint density at radius 1 is 1.09 bits per heavy atom. The molecule has 0 saturated heterocycles. The SMILES string of the molecule is CCCC(=O)Nc1c(Cl)cc(Cl)cc1C(=O)NCCNC(C)=O. The second-order valence-corrected chi connectivity index (χ2v) is 5.69. The summed E-state index contributed by atoms with van der Waals surface area (Å²) in [6, 6.07) is 2.89. The summed E-state index contributed by atoms with van der Waals surface area (Å²) in [4.78, 5) is 34.8. The molecule has 0 saturated carbocycles. The number of carbonyl (C=O) groups excluding carboxylic acids is 3. The highest BCUT2D eigenvalue weighted by atomic mass is 35.5. The van der Waals surface area contributed by atoms with E-state index in [-0.39, 0.29) is 39.7 Å². The first-order valence-corrected chi connectivity index (χ1v) is 7.92. The smallest absolute Gasteiger partial charge is 0.253 e. The van der Waals surface area contributed by atoms with Crippen LogP contribution in [0.25, 0.3) is 0 Å². The van der Waals surface area contributed by atoms with Gasteiger partial charge in [-0.1, -0.05) is 30.1 Å². The molecule has 8 heteroatoms. The van der Waals surface area contributed by atoms with Crippen molar-refractivity contribution in [3.05, 3.63) is 27.7 Å². The quantitative estimate of drug-likeness (QED) is 0.653. The van der Waals surface area contributed by atoms with Crippen molar-refractivity contribution in [3.63, 3.8) is 0 Å². The van der Waals surface area contributed by atoms with Crippen LogP contribution in [0.5, 0.6) is 0 Å². The number of hydrogen-bond donors (Lipinski definition) is 3. The van der Waals surface area contributed by atoms with E-state index in [1.54, 1.807) is 0 Å². The average molecular weight is 360 g/mol. The van der Waals surface area contributed by atoms with E-state index in [4.69, 9.17) is 23.2 Å². The summed E-state index contributed by atoms with van der Waals surface area (Å²) >= 11 is 12.0. The van der Waals surface area contributed by atoms with Crippen LogP contribution in [0.3, 0.4) is 0 Å². The minimum atomic E-state index is -0.438. The van der Waals surface area contributed by atoms with Crippen molar-refractivity contribution in [3.8, 4) is 0 Å². The van der Waals surface area contributed by atoms with Gasteiger partial charge in [-0.2, -0.15) is 0 Å². The lowest BCUT2D eigenvalue weighted by Gasteiger charge is -2.14. The van der Waals surface area contributed by atoms with Gasteiger partial charge in [0, 0.05) is 31.5 Å². The van der Waals surface area contributed by atoms with E-state index in [1.165, 1.54) is 19.1 Å². The summed E-state index contributed by atoms with van der Waals surface area (Å²) in [6.07, 6.45) is 0.998. The Morgan fingerprint density at radius 2 is 1.74 bits per heavy atom. The lowest BCUT2D eigenvalue weighted by molar-refractivity contribution is -0.119. The molecule has 0 spiro atoms. The largest absolute Gasteiger partial charge is 0.355 e. The van der Waals surface area contributed by atoms with E-state index in [9.17, 15) is 14.4 Å². The third-order valence-corrected chi connectivity index (χ3v) is 3.34. The van der Waals surface area contributed by atoms with Gasteiger partial charge in [-0.05, 0) is 18.6 Å². The molecule has 3 N–H and O–H groups in total. The van der Waals surface area contributed by atoms with Gasteiger partial charge in [-0.25, -0.2) is 0 Å². The molecule has 1 aromatic rings. The molecule has 6 nitrogen and oxygen atoms in total. The minimum absolute atomic E-state index is 0.176. The molecule has 0 aliphatic heterocycles. The van der Waals surface area contributed by atoms with Crippen LogP contribution < -0.4 is 16.0 Å². The highest BCUT2D eigenvalue weighted by Crippen LogP contribution is 2.30. The molecule has 0 aromatic heterocycles. The second-order valence-electron chi connectivity index (χ2n) is 4.85. The number of amides is 3. The third-order valence-electron chi connectivity index (χ3n) is 2.83. The number of carbonyl (C=O) groups is 3. The molecule has 3 amide bonds. The highest BCUT2D eigenvalue weighted by Gasteiger charge is 2.17. The predicted molar refractivity (Wildman–Crippen MR) is 91.0 cm³/mol. The molecule has 0 unspecified atom stereocenters. The monoisotopic (exact) mass is 359 g/mol. The van der Waals surface area contributed by atoms with E-state index < -0.39 is 5.91 Å². The Morgan fingerprint density at radius 3 is 2.35 bits per heavy atom. The van der Waals surface area contributed by atoms with Crippen molar-refractivity contribution in [1.29, 1.82) is 0 Å². The van der Waals surface area contributed by atoms with E-state index in [0.717, 1.165) is 0 Å². The molecule has 0 bridgehead atoms. The maximum Gasteiger partial charge on any atom is 0.253 e. The van der Waals surface area contributed by atoms with Gasteiger partial charge < -0.3 is 16.0 Å². The number of anilines is 1. The van der Waals surface area contributed by atoms with Crippen LogP contribution in [0.1, 0.15) is 37.0 Å².